The Hall–Kier alpha value is -4.99. The first kappa shape index (κ1) is 22.9. The molecule has 0 saturated carbocycles. The van der Waals surface area contributed by atoms with Crippen LogP contribution >= 0.6 is 11.3 Å². The molecule has 2 heterocycles. The van der Waals surface area contributed by atoms with Crippen LogP contribution < -0.4 is 4.90 Å². The van der Waals surface area contributed by atoms with E-state index < -0.39 is 0 Å². The summed E-state index contributed by atoms with van der Waals surface area (Å²) in [6.07, 6.45) is 3.85. The van der Waals surface area contributed by atoms with Gasteiger partial charge in [0, 0.05) is 49.3 Å². The maximum Gasteiger partial charge on any atom is 0.0546 e. The second kappa shape index (κ2) is 9.33. The van der Waals surface area contributed by atoms with Crippen LogP contribution in [-0.4, -0.2) is 4.98 Å². The first-order valence-electron chi connectivity index (χ1n) is 13.5. The van der Waals surface area contributed by atoms with Crippen molar-refractivity contribution in [2.45, 2.75) is 0 Å². The summed E-state index contributed by atoms with van der Waals surface area (Å²) in [7, 11) is 0. The lowest BCUT2D eigenvalue weighted by atomic mass is 9.98. The minimum atomic E-state index is 1.13. The van der Waals surface area contributed by atoms with Gasteiger partial charge in [0.1, 0.15) is 0 Å². The van der Waals surface area contributed by atoms with Crippen LogP contribution in [0.2, 0.25) is 0 Å². The normalized spacial score (nSPS) is 11.5. The molecule has 0 atom stereocenters. The molecule has 0 unspecified atom stereocenters. The van der Waals surface area contributed by atoms with Crippen molar-refractivity contribution in [1.82, 2.24) is 4.98 Å². The van der Waals surface area contributed by atoms with E-state index in [1.807, 2.05) is 23.7 Å². The van der Waals surface area contributed by atoms with Gasteiger partial charge >= 0.3 is 0 Å². The van der Waals surface area contributed by atoms with E-state index in [-0.39, 0.29) is 0 Å². The number of fused-ring (bicyclic) bond motifs is 6. The SMILES string of the molecule is c1ccc(-c2ccc(N(c3ccc4c(c3)sc3ccncc34)c3cc4ccccc4c4ccccc34)cc2)cc1. The summed E-state index contributed by atoms with van der Waals surface area (Å²) in [6.45, 7) is 0. The maximum atomic E-state index is 4.38. The minimum Gasteiger partial charge on any atom is -0.310 e. The molecule has 2 aromatic heterocycles. The average Bonchev–Trinajstić information content (AvgIpc) is 3.40. The molecule has 0 aliphatic heterocycles. The molecule has 0 fully saturated rings. The topological polar surface area (TPSA) is 16.1 Å². The third-order valence-electron chi connectivity index (χ3n) is 7.73. The lowest BCUT2D eigenvalue weighted by Crippen LogP contribution is -2.10. The maximum absolute atomic E-state index is 4.38. The first-order chi connectivity index (χ1) is 19.8. The number of rotatable bonds is 4. The van der Waals surface area contributed by atoms with Crippen LogP contribution in [0.25, 0.3) is 52.8 Å². The highest BCUT2D eigenvalue weighted by molar-refractivity contribution is 7.25. The number of thiophene rings is 1. The van der Waals surface area contributed by atoms with E-state index in [1.165, 1.54) is 58.5 Å². The van der Waals surface area contributed by atoms with Gasteiger partial charge in [0.25, 0.3) is 0 Å². The summed E-state index contributed by atoms with van der Waals surface area (Å²) in [4.78, 5) is 6.79. The quantitative estimate of drug-likeness (QED) is 0.211. The van der Waals surface area contributed by atoms with Gasteiger partial charge in [-0.25, -0.2) is 0 Å². The van der Waals surface area contributed by atoms with E-state index in [4.69, 9.17) is 0 Å². The molecule has 0 spiro atoms. The van der Waals surface area contributed by atoms with Crippen molar-refractivity contribution in [3.05, 3.63) is 146 Å². The van der Waals surface area contributed by atoms with Crippen molar-refractivity contribution in [3.8, 4) is 11.1 Å². The zero-order chi connectivity index (χ0) is 26.5. The summed E-state index contributed by atoms with van der Waals surface area (Å²) < 4.78 is 2.52. The standard InChI is InChI=1S/C37H24N2S/c1-2-8-25(9-3-1)26-14-16-28(17-15-26)39(29-18-19-33-34-24-38-21-20-36(34)40-37(33)23-29)35-22-27-10-4-5-11-30(27)31-12-6-7-13-32(31)35/h1-24H. The van der Waals surface area contributed by atoms with Gasteiger partial charge in [-0.1, -0.05) is 97.1 Å². The van der Waals surface area contributed by atoms with Crippen LogP contribution in [0, 0.1) is 0 Å². The van der Waals surface area contributed by atoms with Crippen molar-refractivity contribution in [2.75, 3.05) is 4.90 Å². The van der Waals surface area contributed by atoms with Crippen molar-refractivity contribution >= 4 is 70.1 Å². The molecule has 40 heavy (non-hydrogen) atoms. The summed E-state index contributed by atoms with van der Waals surface area (Å²) in [5, 5.41) is 7.46. The molecule has 0 aliphatic rings. The second-order valence-corrected chi connectivity index (χ2v) is 11.1. The Bertz CT molecular complexity index is 2160. The van der Waals surface area contributed by atoms with Gasteiger partial charge in [0.2, 0.25) is 0 Å². The highest BCUT2D eigenvalue weighted by atomic mass is 32.1. The number of hydrogen-bond donors (Lipinski definition) is 0. The fourth-order valence-corrected chi connectivity index (χ4v) is 6.93. The molecule has 0 aliphatic carbocycles. The van der Waals surface area contributed by atoms with Gasteiger partial charge in [0.15, 0.2) is 0 Å². The van der Waals surface area contributed by atoms with Crippen LogP contribution in [0.15, 0.2) is 146 Å². The zero-order valence-corrected chi connectivity index (χ0v) is 22.5. The zero-order valence-electron chi connectivity index (χ0n) is 21.7. The lowest BCUT2D eigenvalue weighted by Gasteiger charge is -2.28. The van der Waals surface area contributed by atoms with Gasteiger partial charge in [-0.15, -0.1) is 11.3 Å². The van der Waals surface area contributed by atoms with Crippen LogP contribution in [0.3, 0.4) is 0 Å². The average molecular weight is 529 g/mol. The molecule has 0 radical (unpaired) electrons. The molecule has 188 valence electrons. The summed E-state index contributed by atoms with van der Waals surface area (Å²) >= 11 is 1.82. The Kier molecular flexibility index (Phi) is 5.35. The summed E-state index contributed by atoms with van der Waals surface area (Å²) in [5.41, 5.74) is 5.86. The molecule has 6 aromatic carbocycles. The Morgan fingerprint density at radius 2 is 1.18 bits per heavy atom. The molecule has 3 heteroatoms. The van der Waals surface area contributed by atoms with E-state index in [2.05, 4.69) is 143 Å². The third kappa shape index (κ3) is 3.75. The van der Waals surface area contributed by atoms with Gasteiger partial charge in [-0.3, -0.25) is 4.98 Å². The Balaban J connectivity index is 1.38. The molecule has 0 N–H and O–H groups in total. The van der Waals surface area contributed by atoms with Gasteiger partial charge in [0.05, 0.1) is 5.69 Å². The molecule has 0 saturated heterocycles. The van der Waals surface area contributed by atoms with Crippen molar-refractivity contribution < 1.29 is 0 Å². The first-order valence-corrected chi connectivity index (χ1v) is 14.3. The van der Waals surface area contributed by atoms with Gasteiger partial charge in [-0.2, -0.15) is 0 Å². The van der Waals surface area contributed by atoms with Crippen LogP contribution in [-0.2, 0) is 0 Å². The number of pyridine rings is 1. The lowest BCUT2D eigenvalue weighted by molar-refractivity contribution is 1.31. The predicted molar refractivity (Wildman–Crippen MR) is 172 cm³/mol. The monoisotopic (exact) mass is 528 g/mol. The van der Waals surface area contributed by atoms with Crippen molar-refractivity contribution in [1.29, 1.82) is 0 Å². The largest absolute Gasteiger partial charge is 0.310 e. The fourth-order valence-electron chi connectivity index (χ4n) is 5.83. The fraction of sp³-hybridized carbons (Fsp3) is 0. The van der Waals surface area contributed by atoms with E-state index in [0.717, 1.165) is 11.4 Å². The minimum absolute atomic E-state index is 1.13. The van der Waals surface area contributed by atoms with Gasteiger partial charge in [-0.05, 0) is 63.7 Å². The molecular weight excluding hydrogens is 504 g/mol. The Morgan fingerprint density at radius 1 is 0.475 bits per heavy atom. The molecule has 0 amide bonds. The molecule has 0 bridgehead atoms. The van der Waals surface area contributed by atoms with E-state index in [0.29, 0.717) is 0 Å². The smallest absolute Gasteiger partial charge is 0.0546 e. The molecule has 2 nitrogen and oxygen atoms in total. The Labute approximate surface area is 236 Å². The van der Waals surface area contributed by atoms with Crippen molar-refractivity contribution in [3.63, 3.8) is 0 Å². The number of hydrogen-bond acceptors (Lipinski definition) is 3. The van der Waals surface area contributed by atoms with Crippen LogP contribution in [0.4, 0.5) is 17.1 Å². The highest BCUT2D eigenvalue weighted by Gasteiger charge is 2.18. The molecule has 8 aromatic rings. The van der Waals surface area contributed by atoms with Crippen LogP contribution in [0.1, 0.15) is 0 Å². The van der Waals surface area contributed by atoms with E-state index >= 15 is 0 Å². The Morgan fingerprint density at radius 3 is 2.02 bits per heavy atom. The highest BCUT2D eigenvalue weighted by Crippen LogP contribution is 2.44. The number of anilines is 3. The molecular formula is C37H24N2S. The predicted octanol–water partition coefficient (Wildman–Crippen LogP) is 10.9. The number of aromatic nitrogens is 1. The van der Waals surface area contributed by atoms with Crippen LogP contribution in [0.5, 0.6) is 0 Å². The van der Waals surface area contributed by atoms with E-state index in [1.54, 1.807) is 0 Å². The van der Waals surface area contributed by atoms with E-state index in [9.17, 15) is 0 Å². The molecule has 8 rings (SSSR count). The van der Waals surface area contributed by atoms with Crippen molar-refractivity contribution in [2.24, 2.45) is 0 Å². The summed E-state index contributed by atoms with van der Waals surface area (Å²) in [6, 6.07) is 48.2. The third-order valence-corrected chi connectivity index (χ3v) is 8.87. The second-order valence-electron chi connectivity index (χ2n) is 10.1. The number of benzene rings is 6. The number of nitrogens with zero attached hydrogens (tertiary/aromatic N) is 2. The summed E-state index contributed by atoms with van der Waals surface area (Å²) in [5.74, 6) is 0. The van der Waals surface area contributed by atoms with Gasteiger partial charge < -0.3 is 4.90 Å².